The molecule has 0 atom stereocenters. The first-order chi connectivity index (χ1) is 13.3. The number of ether oxygens (including phenoxy) is 3. The highest BCUT2D eigenvalue weighted by Gasteiger charge is 2.15. The molecule has 0 fully saturated rings. The predicted octanol–water partition coefficient (Wildman–Crippen LogP) is 4.08. The molecule has 152 valence electrons. The monoisotopic (exact) mass is 406 g/mol. The fraction of sp³-hybridized carbons (Fsp3) is 0.450. The Morgan fingerprint density at radius 1 is 1.07 bits per heavy atom. The molecule has 2 rings (SSSR count). The van der Waals surface area contributed by atoms with E-state index in [2.05, 4.69) is 10.3 Å². The Hall–Kier alpha value is -2.61. The number of amides is 1. The molecule has 28 heavy (non-hydrogen) atoms. The van der Waals surface area contributed by atoms with Crippen LogP contribution < -0.4 is 14.8 Å². The van der Waals surface area contributed by atoms with Gasteiger partial charge in [-0.25, -0.2) is 4.98 Å². The van der Waals surface area contributed by atoms with Crippen LogP contribution >= 0.6 is 11.3 Å². The maximum absolute atomic E-state index is 12.7. The summed E-state index contributed by atoms with van der Waals surface area (Å²) < 4.78 is 16.4. The summed E-state index contributed by atoms with van der Waals surface area (Å²) in [6.07, 6.45) is 0.00817. The molecule has 0 spiro atoms. The Morgan fingerprint density at radius 2 is 1.68 bits per heavy atom. The van der Waals surface area contributed by atoms with Crippen LogP contribution in [0.15, 0.2) is 23.6 Å². The van der Waals surface area contributed by atoms with Crippen LogP contribution in [0, 0.1) is 0 Å². The topological polar surface area (TPSA) is 86.8 Å². The Morgan fingerprint density at radius 3 is 2.21 bits per heavy atom. The van der Waals surface area contributed by atoms with Crippen LogP contribution in [0.5, 0.6) is 11.5 Å². The lowest BCUT2D eigenvalue weighted by molar-refractivity contribution is -0.142. The van der Waals surface area contributed by atoms with Gasteiger partial charge in [-0.05, 0) is 46.8 Å². The van der Waals surface area contributed by atoms with E-state index in [-0.39, 0.29) is 30.5 Å². The van der Waals surface area contributed by atoms with Crippen molar-refractivity contribution >= 4 is 28.3 Å². The molecule has 0 bridgehead atoms. The van der Waals surface area contributed by atoms with E-state index in [4.69, 9.17) is 14.2 Å². The SMILES string of the molecule is CCOC(=O)Cc1csc(NC(=O)c2cc(OC(C)C)cc(OC(C)C)c2)n1. The predicted molar refractivity (Wildman–Crippen MR) is 108 cm³/mol. The molecule has 0 aliphatic heterocycles. The van der Waals surface area contributed by atoms with Crippen molar-refractivity contribution in [3.05, 3.63) is 34.8 Å². The molecular formula is C20H26N2O5S. The Balaban J connectivity index is 2.14. The third kappa shape index (κ3) is 6.84. The molecule has 2 aromatic rings. The highest BCUT2D eigenvalue weighted by atomic mass is 32.1. The van der Waals surface area contributed by atoms with Gasteiger partial charge < -0.3 is 14.2 Å². The van der Waals surface area contributed by atoms with Crippen LogP contribution in [-0.2, 0) is 16.0 Å². The summed E-state index contributed by atoms with van der Waals surface area (Å²) in [7, 11) is 0. The van der Waals surface area contributed by atoms with Crippen LogP contribution in [0.4, 0.5) is 5.13 Å². The van der Waals surface area contributed by atoms with Gasteiger partial charge in [-0.3, -0.25) is 14.9 Å². The molecule has 0 radical (unpaired) electrons. The highest BCUT2D eigenvalue weighted by Crippen LogP contribution is 2.26. The van der Waals surface area contributed by atoms with Crippen molar-refractivity contribution in [1.29, 1.82) is 0 Å². The van der Waals surface area contributed by atoms with Crippen molar-refractivity contribution in [1.82, 2.24) is 4.98 Å². The second-order valence-corrected chi connectivity index (χ2v) is 7.46. The van der Waals surface area contributed by atoms with E-state index >= 15 is 0 Å². The van der Waals surface area contributed by atoms with Crippen molar-refractivity contribution in [2.45, 2.75) is 53.2 Å². The number of anilines is 1. The van der Waals surface area contributed by atoms with Crippen LogP contribution in [0.1, 0.15) is 50.7 Å². The largest absolute Gasteiger partial charge is 0.491 e. The van der Waals surface area contributed by atoms with Gasteiger partial charge in [0, 0.05) is 17.0 Å². The molecular weight excluding hydrogens is 380 g/mol. The van der Waals surface area contributed by atoms with Gasteiger partial charge in [-0.15, -0.1) is 11.3 Å². The smallest absolute Gasteiger partial charge is 0.311 e. The number of thiazole rings is 1. The fourth-order valence-electron chi connectivity index (χ4n) is 2.36. The zero-order valence-corrected chi connectivity index (χ0v) is 17.6. The summed E-state index contributed by atoms with van der Waals surface area (Å²) in [6.45, 7) is 9.72. The van der Waals surface area contributed by atoms with Gasteiger partial charge in [0.2, 0.25) is 0 Å². The summed E-state index contributed by atoms with van der Waals surface area (Å²) in [5.41, 5.74) is 0.954. The lowest BCUT2D eigenvalue weighted by Gasteiger charge is -2.15. The number of rotatable bonds is 9. The van der Waals surface area contributed by atoms with Crippen molar-refractivity contribution in [2.24, 2.45) is 0 Å². The van der Waals surface area contributed by atoms with E-state index in [0.29, 0.717) is 34.5 Å². The van der Waals surface area contributed by atoms with E-state index in [1.54, 1.807) is 30.5 Å². The lowest BCUT2D eigenvalue weighted by atomic mass is 10.2. The Kier molecular flexibility index (Phi) is 7.80. The molecule has 1 aromatic carbocycles. The third-order valence-electron chi connectivity index (χ3n) is 3.29. The van der Waals surface area contributed by atoms with Crippen molar-refractivity contribution in [2.75, 3.05) is 11.9 Å². The molecule has 0 saturated carbocycles. The number of nitrogens with one attached hydrogen (secondary N) is 1. The normalized spacial score (nSPS) is 10.8. The quantitative estimate of drug-likeness (QED) is 0.632. The lowest BCUT2D eigenvalue weighted by Crippen LogP contribution is -2.14. The second kappa shape index (κ2) is 10.1. The maximum Gasteiger partial charge on any atom is 0.311 e. The van der Waals surface area contributed by atoms with Crippen LogP contribution in [0.2, 0.25) is 0 Å². The molecule has 1 aromatic heterocycles. The van der Waals surface area contributed by atoms with Crippen molar-refractivity contribution in [3.63, 3.8) is 0 Å². The number of benzene rings is 1. The van der Waals surface area contributed by atoms with Gasteiger partial charge in [0.25, 0.3) is 5.91 Å². The van der Waals surface area contributed by atoms with Crippen molar-refractivity contribution in [3.8, 4) is 11.5 Å². The number of hydrogen-bond acceptors (Lipinski definition) is 7. The van der Waals surface area contributed by atoms with E-state index in [9.17, 15) is 9.59 Å². The number of carbonyl (C=O) groups excluding carboxylic acids is 2. The summed E-state index contributed by atoms with van der Waals surface area (Å²) in [4.78, 5) is 28.5. The second-order valence-electron chi connectivity index (χ2n) is 6.61. The number of nitrogens with zero attached hydrogens (tertiary/aromatic N) is 1. The van der Waals surface area contributed by atoms with Crippen LogP contribution in [0.25, 0.3) is 0 Å². The summed E-state index contributed by atoms with van der Waals surface area (Å²) >= 11 is 1.25. The zero-order chi connectivity index (χ0) is 20.7. The molecule has 0 aliphatic carbocycles. The number of hydrogen-bond donors (Lipinski definition) is 1. The van der Waals surface area contributed by atoms with E-state index < -0.39 is 0 Å². The average Bonchev–Trinajstić information content (AvgIpc) is 3.00. The standard InChI is InChI=1S/C20H26N2O5S/c1-6-25-18(23)9-15-11-28-20(21-15)22-19(24)14-7-16(26-12(2)3)10-17(8-14)27-13(4)5/h7-8,10-13H,6,9H2,1-5H3,(H,21,22,24). The fourth-order valence-corrected chi connectivity index (χ4v) is 3.06. The van der Waals surface area contributed by atoms with E-state index in [0.717, 1.165) is 0 Å². The van der Waals surface area contributed by atoms with E-state index in [1.165, 1.54) is 11.3 Å². The zero-order valence-electron chi connectivity index (χ0n) is 16.8. The summed E-state index contributed by atoms with van der Waals surface area (Å²) in [5.74, 6) is 0.431. The van der Waals surface area contributed by atoms with E-state index in [1.807, 2.05) is 27.7 Å². The van der Waals surface area contributed by atoms with Crippen molar-refractivity contribution < 1.29 is 23.8 Å². The molecule has 0 aliphatic rings. The molecule has 0 saturated heterocycles. The maximum atomic E-state index is 12.7. The molecule has 1 amide bonds. The first kappa shape index (κ1) is 21.7. The molecule has 0 unspecified atom stereocenters. The average molecular weight is 407 g/mol. The number of carbonyl (C=O) groups is 2. The van der Waals surface area contributed by atoms with Gasteiger partial charge in [-0.1, -0.05) is 0 Å². The summed E-state index contributed by atoms with van der Waals surface area (Å²) in [5, 5.41) is 4.88. The number of aromatic nitrogens is 1. The minimum atomic E-state index is -0.348. The molecule has 1 heterocycles. The molecule has 7 nitrogen and oxygen atoms in total. The van der Waals surface area contributed by atoms with Gasteiger partial charge >= 0.3 is 5.97 Å². The van der Waals surface area contributed by atoms with Crippen LogP contribution in [-0.4, -0.2) is 35.7 Å². The van der Waals surface area contributed by atoms with Crippen LogP contribution in [0.3, 0.4) is 0 Å². The Labute approximate surface area is 169 Å². The Bertz CT molecular complexity index is 788. The van der Waals surface area contributed by atoms with Gasteiger partial charge in [0.1, 0.15) is 11.5 Å². The molecule has 1 N–H and O–H groups in total. The third-order valence-corrected chi connectivity index (χ3v) is 4.10. The summed E-state index contributed by atoms with van der Waals surface area (Å²) in [6, 6.07) is 5.09. The first-order valence-corrected chi connectivity index (χ1v) is 10.0. The molecule has 8 heteroatoms. The highest BCUT2D eigenvalue weighted by molar-refractivity contribution is 7.14. The number of esters is 1. The van der Waals surface area contributed by atoms with Gasteiger partial charge in [0.05, 0.1) is 30.9 Å². The van der Waals surface area contributed by atoms with Gasteiger partial charge in [0.15, 0.2) is 5.13 Å². The first-order valence-electron chi connectivity index (χ1n) is 9.16. The van der Waals surface area contributed by atoms with Gasteiger partial charge in [-0.2, -0.15) is 0 Å². The minimum absolute atomic E-state index is 0.0328. The minimum Gasteiger partial charge on any atom is -0.491 e.